The number of rotatable bonds is 6. The molecule has 108 valence electrons. The van der Waals surface area contributed by atoms with Gasteiger partial charge in [-0.25, -0.2) is 9.59 Å². The van der Waals surface area contributed by atoms with Crippen LogP contribution in [0.4, 0.5) is 10.5 Å². The predicted molar refractivity (Wildman–Crippen MR) is 79.6 cm³/mol. The standard InChI is InChI=1S/C15H20N2O3/c1-3-12(4-2)16-15(20)17-13-7-5-6-11(10-13)8-9-14(18)19/h5-10,12H,3-4H2,1-2H3,(H,18,19)(H2,16,17,20)/b9-8+. The number of nitrogens with one attached hydrogen (secondary N) is 2. The molecule has 0 spiro atoms. The summed E-state index contributed by atoms with van der Waals surface area (Å²) >= 11 is 0. The summed E-state index contributed by atoms with van der Waals surface area (Å²) in [6, 6.07) is 6.90. The average Bonchev–Trinajstić information content (AvgIpc) is 2.43. The first-order chi connectivity index (χ1) is 9.55. The van der Waals surface area contributed by atoms with Crippen molar-refractivity contribution in [1.29, 1.82) is 0 Å². The van der Waals surface area contributed by atoms with Crippen molar-refractivity contribution in [3.63, 3.8) is 0 Å². The number of hydrogen-bond acceptors (Lipinski definition) is 2. The Bertz CT molecular complexity index is 494. The molecule has 0 atom stereocenters. The van der Waals surface area contributed by atoms with Crippen molar-refractivity contribution in [2.45, 2.75) is 32.7 Å². The summed E-state index contributed by atoms with van der Waals surface area (Å²) in [5.74, 6) is -1.00. The number of carboxylic acid groups (broad SMARTS) is 1. The molecule has 0 saturated carbocycles. The summed E-state index contributed by atoms with van der Waals surface area (Å²) in [5.41, 5.74) is 1.34. The summed E-state index contributed by atoms with van der Waals surface area (Å²) in [7, 11) is 0. The summed E-state index contributed by atoms with van der Waals surface area (Å²) < 4.78 is 0. The van der Waals surface area contributed by atoms with Crippen molar-refractivity contribution in [2.24, 2.45) is 0 Å². The van der Waals surface area contributed by atoms with Crippen LogP contribution in [0.15, 0.2) is 30.3 Å². The Labute approximate surface area is 118 Å². The van der Waals surface area contributed by atoms with Crippen molar-refractivity contribution < 1.29 is 14.7 Å². The lowest BCUT2D eigenvalue weighted by molar-refractivity contribution is -0.131. The fraction of sp³-hybridized carbons (Fsp3) is 0.333. The van der Waals surface area contributed by atoms with Gasteiger partial charge in [-0.3, -0.25) is 0 Å². The third kappa shape index (κ3) is 5.56. The lowest BCUT2D eigenvalue weighted by Gasteiger charge is -2.15. The minimum atomic E-state index is -1.00. The van der Waals surface area contributed by atoms with Crippen LogP contribution in [0.1, 0.15) is 32.3 Å². The van der Waals surface area contributed by atoms with Gasteiger partial charge in [0, 0.05) is 17.8 Å². The van der Waals surface area contributed by atoms with Gasteiger partial charge in [-0.1, -0.05) is 26.0 Å². The molecule has 1 rings (SSSR count). The van der Waals surface area contributed by atoms with Crippen LogP contribution in [0.5, 0.6) is 0 Å². The third-order valence-electron chi connectivity index (χ3n) is 2.88. The van der Waals surface area contributed by atoms with Crippen molar-refractivity contribution >= 4 is 23.8 Å². The molecule has 0 aliphatic heterocycles. The van der Waals surface area contributed by atoms with E-state index in [0.717, 1.165) is 18.9 Å². The van der Waals surface area contributed by atoms with Crippen LogP contribution in [-0.2, 0) is 4.79 Å². The Morgan fingerprint density at radius 2 is 2.00 bits per heavy atom. The molecular weight excluding hydrogens is 256 g/mol. The molecule has 2 amide bonds. The molecule has 0 aliphatic carbocycles. The largest absolute Gasteiger partial charge is 0.478 e. The van der Waals surface area contributed by atoms with Crippen LogP contribution in [0, 0.1) is 0 Å². The quantitative estimate of drug-likeness (QED) is 0.699. The molecule has 5 heteroatoms. The van der Waals surface area contributed by atoms with Crippen molar-refractivity contribution in [1.82, 2.24) is 5.32 Å². The number of carbonyl (C=O) groups is 2. The molecule has 1 aromatic carbocycles. The van der Waals surface area contributed by atoms with Gasteiger partial charge in [-0.2, -0.15) is 0 Å². The van der Waals surface area contributed by atoms with E-state index in [-0.39, 0.29) is 12.1 Å². The van der Waals surface area contributed by atoms with E-state index >= 15 is 0 Å². The van der Waals surface area contributed by atoms with Crippen LogP contribution < -0.4 is 10.6 Å². The molecule has 3 N–H and O–H groups in total. The Balaban J connectivity index is 2.66. The summed E-state index contributed by atoms with van der Waals surface area (Å²) in [6.45, 7) is 4.04. The number of carbonyl (C=O) groups excluding carboxylic acids is 1. The molecule has 20 heavy (non-hydrogen) atoms. The van der Waals surface area contributed by atoms with Crippen molar-refractivity contribution in [3.05, 3.63) is 35.9 Å². The van der Waals surface area contributed by atoms with E-state index in [9.17, 15) is 9.59 Å². The zero-order valence-electron chi connectivity index (χ0n) is 11.7. The highest BCUT2D eigenvalue weighted by molar-refractivity contribution is 5.90. The second kappa shape index (κ2) is 7.99. The second-order valence-corrected chi connectivity index (χ2v) is 4.41. The van der Waals surface area contributed by atoms with Crippen LogP contribution >= 0.6 is 0 Å². The van der Waals surface area contributed by atoms with Crippen LogP contribution in [0.25, 0.3) is 6.08 Å². The average molecular weight is 276 g/mol. The van der Waals surface area contributed by atoms with E-state index < -0.39 is 5.97 Å². The molecule has 5 nitrogen and oxygen atoms in total. The zero-order chi connectivity index (χ0) is 15.0. The van der Waals surface area contributed by atoms with Gasteiger partial charge >= 0.3 is 12.0 Å². The van der Waals surface area contributed by atoms with Gasteiger partial charge in [0.1, 0.15) is 0 Å². The van der Waals surface area contributed by atoms with Gasteiger partial charge < -0.3 is 15.7 Å². The highest BCUT2D eigenvalue weighted by atomic mass is 16.4. The maximum absolute atomic E-state index is 11.8. The number of carboxylic acids is 1. The van der Waals surface area contributed by atoms with Crippen molar-refractivity contribution in [3.8, 4) is 0 Å². The molecule has 0 aromatic heterocycles. The number of hydrogen-bond donors (Lipinski definition) is 3. The molecule has 0 bridgehead atoms. The Morgan fingerprint density at radius 3 is 2.60 bits per heavy atom. The SMILES string of the molecule is CCC(CC)NC(=O)Nc1cccc(/C=C/C(=O)O)c1. The molecule has 0 saturated heterocycles. The molecule has 0 unspecified atom stereocenters. The normalized spacial score (nSPS) is 10.8. The van der Waals surface area contributed by atoms with Crippen LogP contribution in [-0.4, -0.2) is 23.1 Å². The van der Waals surface area contributed by atoms with E-state index in [1.165, 1.54) is 6.08 Å². The van der Waals surface area contributed by atoms with Crippen LogP contribution in [0.3, 0.4) is 0 Å². The van der Waals surface area contributed by atoms with E-state index in [1.54, 1.807) is 24.3 Å². The number of anilines is 1. The zero-order valence-corrected chi connectivity index (χ0v) is 11.7. The maximum Gasteiger partial charge on any atom is 0.328 e. The van der Waals surface area contributed by atoms with Gasteiger partial charge in [0.05, 0.1) is 0 Å². The highest BCUT2D eigenvalue weighted by Crippen LogP contribution is 2.12. The van der Waals surface area contributed by atoms with Gasteiger partial charge in [-0.05, 0) is 36.6 Å². The first-order valence-corrected chi connectivity index (χ1v) is 6.63. The van der Waals surface area contributed by atoms with Gasteiger partial charge in [0.2, 0.25) is 0 Å². The molecule has 0 fully saturated rings. The Hall–Kier alpha value is -2.30. The van der Waals surface area contributed by atoms with E-state index in [2.05, 4.69) is 10.6 Å². The van der Waals surface area contributed by atoms with Gasteiger partial charge in [0.15, 0.2) is 0 Å². The van der Waals surface area contributed by atoms with Gasteiger partial charge in [0.25, 0.3) is 0 Å². The molecule has 0 radical (unpaired) electrons. The maximum atomic E-state index is 11.8. The lowest BCUT2D eigenvalue weighted by Crippen LogP contribution is -2.37. The molecular formula is C15H20N2O3. The monoisotopic (exact) mass is 276 g/mol. The summed E-state index contributed by atoms with van der Waals surface area (Å²) in [4.78, 5) is 22.2. The fourth-order valence-electron chi connectivity index (χ4n) is 1.73. The second-order valence-electron chi connectivity index (χ2n) is 4.41. The first-order valence-electron chi connectivity index (χ1n) is 6.63. The fourth-order valence-corrected chi connectivity index (χ4v) is 1.73. The Morgan fingerprint density at radius 1 is 1.30 bits per heavy atom. The predicted octanol–water partition coefficient (Wildman–Crippen LogP) is 3.09. The van der Waals surface area contributed by atoms with E-state index in [4.69, 9.17) is 5.11 Å². The number of amides is 2. The topological polar surface area (TPSA) is 78.4 Å². The van der Waals surface area contributed by atoms with Crippen LogP contribution in [0.2, 0.25) is 0 Å². The lowest BCUT2D eigenvalue weighted by atomic mass is 10.2. The number of aliphatic carboxylic acids is 1. The summed E-state index contributed by atoms with van der Waals surface area (Å²) in [5, 5.41) is 14.2. The first kappa shape index (κ1) is 15.8. The highest BCUT2D eigenvalue weighted by Gasteiger charge is 2.07. The smallest absolute Gasteiger partial charge is 0.328 e. The minimum absolute atomic E-state index is 0.157. The molecule has 1 aromatic rings. The van der Waals surface area contributed by atoms with Gasteiger partial charge in [-0.15, -0.1) is 0 Å². The number of urea groups is 1. The summed E-state index contributed by atoms with van der Waals surface area (Å²) in [6.07, 6.45) is 4.30. The molecule has 0 heterocycles. The third-order valence-corrected chi connectivity index (χ3v) is 2.88. The molecule has 0 aliphatic rings. The van der Waals surface area contributed by atoms with Crippen molar-refractivity contribution in [2.75, 3.05) is 5.32 Å². The van der Waals surface area contributed by atoms with E-state index in [0.29, 0.717) is 11.3 Å². The van der Waals surface area contributed by atoms with E-state index in [1.807, 2.05) is 13.8 Å². The Kier molecular flexibility index (Phi) is 6.29. The number of benzene rings is 1. The minimum Gasteiger partial charge on any atom is -0.478 e.